The van der Waals surface area contributed by atoms with Gasteiger partial charge in [0.2, 0.25) is 0 Å². The smallest absolute Gasteiger partial charge is 0.169 e. The van der Waals surface area contributed by atoms with E-state index in [9.17, 15) is 4.79 Å². The Labute approximate surface area is 106 Å². The van der Waals surface area contributed by atoms with E-state index in [2.05, 4.69) is 33.0 Å². The van der Waals surface area contributed by atoms with Gasteiger partial charge in [0, 0.05) is 15.8 Å². The molecule has 0 saturated carbocycles. The zero-order chi connectivity index (χ0) is 11.5. The summed E-state index contributed by atoms with van der Waals surface area (Å²) in [7, 11) is 0. The molecule has 0 saturated heterocycles. The van der Waals surface area contributed by atoms with Gasteiger partial charge in [-0.2, -0.15) is 0 Å². The molecule has 2 nitrogen and oxygen atoms in total. The Morgan fingerprint density at radius 3 is 2.62 bits per heavy atom. The second kappa shape index (κ2) is 4.89. The average molecular weight is 296 g/mol. The number of aromatic nitrogens is 1. The van der Waals surface area contributed by atoms with E-state index in [1.165, 1.54) is 5.56 Å². The maximum absolute atomic E-state index is 10.7. The predicted molar refractivity (Wildman–Crippen MR) is 69.2 cm³/mol. The molecule has 82 valence electrons. The number of nitrogens with zero attached hydrogens (tertiary/aromatic N) is 1. The third kappa shape index (κ3) is 2.57. The van der Waals surface area contributed by atoms with E-state index in [1.807, 2.05) is 19.1 Å². The third-order valence-corrected chi connectivity index (χ3v) is 3.77. The lowest BCUT2D eigenvalue weighted by Gasteiger charge is -1.97. The highest BCUT2D eigenvalue weighted by Gasteiger charge is 2.06. The van der Waals surface area contributed by atoms with Crippen LogP contribution in [-0.2, 0) is 6.42 Å². The highest BCUT2D eigenvalue weighted by molar-refractivity contribution is 9.10. The van der Waals surface area contributed by atoms with E-state index < -0.39 is 0 Å². The molecule has 0 radical (unpaired) electrons. The molecule has 16 heavy (non-hydrogen) atoms. The number of halogens is 1. The summed E-state index contributed by atoms with van der Waals surface area (Å²) < 4.78 is 1.07. The molecule has 1 aromatic heterocycles. The fraction of sp³-hybridized carbons (Fsp3) is 0.167. The van der Waals surface area contributed by atoms with E-state index in [0.29, 0.717) is 5.69 Å². The van der Waals surface area contributed by atoms with Crippen LogP contribution < -0.4 is 0 Å². The Balaban J connectivity index is 2.20. The molecular weight excluding hydrogens is 286 g/mol. The topological polar surface area (TPSA) is 30.0 Å². The molecule has 0 bridgehead atoms. The van der Waals surface area contributed by atoms with Crippen LogP contribution in [0.1, 0.15) is 25.9 Å². The number of hydrogen-bond donors (Lipinski definition) is 0. The number of aryl methyl sites for hydroxylation is 1. The summed E-state index contributed by atoms with van der Waals surface area (Å²) in [5.41, 5.74) is 1.77. The van der Waals surface area contributed by atoms with Crippen LogP contribution in [-0.4, -0.2) is 11.3 Å². The molecule has 0 aliphatic rings. The molecule has 0 spiro atoms. The average Bonchev–Trinajstić information content (AvgIpc) is 2.62. The minimum Gasteiger partial charge on any atom is -0.296 e. The SMILES string of the molecule is Cc1sc(Cc2ccc(Br)cc2)nc1C=O. The number of carbonyl (C=O) groups is 1. The van der Waals surface area contributed by atoms with Crippen LogP contribution in [0.4, 0.5) is 0 Å². The lowest BCUT2D eigenvalue weighted by atomic mass is 10.2. The van der Waals surface area contributed by atoms with Crippen LogP contribution >= 0.6 is 27.3 Å². The summed E-state index contributed by atoms with van der Waals surface area (Å²) in [5, 5.41) is 0.988. The second-order valence-corrected chi connectivity index (χ2v) is 5.67. The highest BCUT2D eigenvalue weighted by atomic mass is 79.9. The molecule has 2 rings (SSSR count). The normalized spacial score (nSPS) is 10.4. The van der Waals surface area contributed by atoms with Crippen molar-refractivity contribution in [2.24, 2.45) is 0 Å². The largest absolute Gasteiger partial charge is 0.296 e. The van der Waals surface area contributed by atoms with Gasteiger partial charge in [0.25, 0.3) is 0 Å². The van der Waals surface area contributed by atoms with Gasteiger partial charge in [-0.1, -0.05) is 28.1 Å². The van der Waals surface area contributed by atoms with Crippen molar-refractivity contribution in [1.82, 2.24) is 4.98 Å². The molecule has 4 heteroatoms. The fourth-order valence-electron chi connectivity index (χ4n) is 1.43. The van der Waals surface area contributed by atoms with Gasteiger partial charge in [0.1, 0.15) is 5.69 Å². The van der Waals surface area contributed by atoms with Crippen molar-refractivity contribution in [2.75, 3.05) is 0 Å². The monoisotopic (exact) mass is 295 g/mol. The minimum atomic E-state index is 0.567. The predicted octanol–water partition coefficient (Wildman–Crippen LogP) is 3.62. The van der Waals surface area contributed by atoms with Gasteiger partial charge in [-0.05, 0) is 24.6 Å². The first kappa shape index (κ1) is 11.5. The molecule has 2 aromatic rings. The summed E-state index contributed by atoms with van der Waals surface area (Å²) >= 11 is 4.98. The second-order valence-electron chi connectivity index (χ2n) is 3.47. The van der Waals surface area contributed by atoms with E-state index in [4.69, 9.17) is 0 Å². The first-order chi connectivity index (χ1) is 7.69. The summed E-state index contributed by atoms with van der Waals surface area (Å²) in [6.45, 7) is 1.92. The van der Waals surface area contributed by atoms with Crippen molar-refractivity contribution in [1.29, 1.82) is 0 Å². The first-order valence-corrected chi connectivity index (χ1v) is 6.46. The lowest BCUT2D eigenvalue weighted by Crippen LogP contribution is -1.88. The minimum absolute atomic E-state index is 0.567. The van der Waals surface area contributed by atoms with Crippen molar-refractivity contribution >= 4 is 33.6 Å². The van der Waals surface area contributed by atoms with E-state index in [1.54, 1.807) is 11.3 Å². The van der Waals surface area contributed by atoms with Crippen LogP contribution in [0, 0.1) is 6.92 Å². The van der Waals surface area contributed by atoms with Gasteiger partial charge in [0.15, 0.2) is 6.29 Å². The van der Waals surface area contributed by atoms with Gasteiger partial charge < -0.3 is 0 Å². The van der Waals surface area contributed by atoms with Crippen molar-refractivity contribution < 1.29 is 4.79 Å². The number of thiazole rings is 1. The van der Waals surface area contributed by atoms with Crippen LogP contribution in [0.2, 0.25) is 0 Å². The summed E-state index contributed by atoms with van der Waals surface area (Å²) in [6, 6.07) is 8.13. The number of carbonyl (C=O) groups excluding carboxylic acids is 1. The summed E-state index contributed by atoms with van der Waals surface area (Å²) in [5.74, 6) is 0. The van der Waals surface area contributed by atoms with E-state index in [0.717, 1.165) is 27.1 Å². The van der Waals surface area contributed by atoms with E-state index >= 15 is 0 Å². The highest BCUT2D eigenvalue weighted by Crippen LogP contribution is 2.20. The van der Waals surface area contributed by atoms with Gasteiger partial charge in [0.05, 0.1) is 5.01 Å². The van der Waals surface area contributed by atoms with Crippen LogP contribution in [0.5, 0.6) is 0 Å². The zero-order valence-electron chi connectivity index (χ0n) is 8.74. The Bertz CT molecular complexity index is 504. The molecule has 1 heterocycles. The van der Waals surface area contributed by atoms with Crippen molar-refractivity contribution in [3.63, 3.8) is 0 Å². The standard InChI is InChI=1S/C12H10BrNOS/c1-8-11(7-15)14-12(16-8)6-9-2-4-10(13)5-3-9/h2-5,7H,6H2,1H3. The molecule has 0 atom stereocenters. The van der Waals surface area contributed by atoms with Crippen molar-refractivity contribution in [2.45, 2.75) is 13.3 Å². The molecule has 0 unspecified atom stereocenters. The third-order valence-electron chi connectivity index (χ3n) is 2.26. The van der Waals surface area contributed by atoms with Gasteiger partial charge in [-0.25, -0.2) is 4.98 Å². The van der Waals surface area contributed by atoms with Crippen molar-refractivity contribution in [3.05, 3.63) is 49.9 Å². The molecule has 0 fully saturated rings. The molecule has 0 amide bonds. The van der Waals surface area contributed by atoms with Gasteiger partial charge in [-0.15, -0.1) is 11.3 Å². The van der Waals surface area contributed by atoms with Crippen LogP contribution in [0.25, 0.3) is 0 Å². The maximum Gasteiger partial charge on any atom is 0.169 e. The molecule has 1 aromatic carbocycles. The number of benzene rings is 1. The Hall–Kier alpha value is -1.00. The Morgan fingerprint density at radius 2 is 2.06 bits per heavy atom. The number of aldehydes is 1. The first-order valence-electron chi connectivity index (χ1n) is 4.85. The summed E-state index contributed by atoms with van der Waals surface area (Å²) in [6.07, 6.45) is 1.60. The van der Waals surface area contributed by atoms with Gasteiger partial charge in [-0.3, -0.25) is 4.79 Å². The quantitative estimate of drug-likeness (QED) is 0.810. The number of hydrogen-bond acceptors (Lipinski definition) is 3. The van der Waals surface area contributed by atoms with Gasteiger partial charge >= 0.3 is 0 Å². The van der Waals surface area contributed by atoms with Crippen molar-refractivity contribution in [3.8, 4) is 0 Å². The molecule has 0 aliphatic carbocycles. The molecular formula is C12H10BrNOS. The lowest BCUT2D eigenvalue weighted by molar-refractivity contribution is 0.111. The fourth-order valence-corrected chi connectivity index (χ4v) is 2.63. The Kier molecular flexibility index (Phi) is 3.51. The molecule has 0 aliphatic heterocycles. The summed E-state index contributed by atoms with van der Waals surface area (Å²) in [4.78, 5) is 15.9. The van der Waals surface area contributed by atoms with Crippen LogP contribution in [0.15, 0.2) is 28.7 Å². The van der Waals surface area contributed by atoms with E-state index in [-0.39, 0.29) is 0 Å². The van der Waals surface area contributed by atoms with Crippen LogP contribution in [0.3, 0.4) is 0 Å². The number of rotatable bonds is 3. The zero-order valence-corrected chi connectivity index (χ0v) is 11.1. The molecule has 0 N–H and O–H groups in total. The Morgan fingerprint density at radius 1 is 1.38 bits per heavy atom. The maximum atomic E-state index is 10.7.